The number of pyridine rings is 1. The fraction of sp³-hybridized carbons (Fsp3) is 0.343. The molecule has 0 radical (unpaired) electrons. The molecule has 5 heterocycles. The van der Waals surface area contributed by atoms with Crippen molar-refractivity contribution in [2.24, 2.45) is 14.1 Å². The maximum atomic E-state index is 15.7. The molecule has 12 heteroatoms. The Labute approximate surface area is 270 Å². The molecule has 1 atom stereocenters. The largest absolute Gasteiger partial charge is 0.490 e. The Morgan fingerprint density at radius 1 is 1.11 bits per heavy atom. The first-order valence-corrected chi connectivity index (χ1v) is 15.4. The van der Waals surface area contributed by atoms with Crippen LogP contribution in [0.1, 0.15) is 55.7 Å². The summed E-state index contributed by atoms with van der Waals surface area (Å²) in [5.41, 5.74) is 5.48. The van der Waals surface area contributed by atoms with Crippen molar-refractivity contribution in [2.75, 3.05) is 6.61 Å². The van der Waals surface area contributed by atoms with Gasteiger partial charge in [-0.05, 0) is 88.9 Å². The summed E-state index contributed by atoms with van der Waals surface area (Å²) >= 11 is 0. The number of halogens is 1. The molecule has 2 aromatic carbocycles. The Balaban J connectivity index is 1.46. The van der Waals surface area contributed by atoms with Crippen LogP contribution in [0, 0.1) is 19.7 Å². The molecule has 7 rings (SSSR count). The molecule has 0 saturated carbocycles. The van der Waals surface area contributed by atoms with Crippen molar-refractivity contribution >= 4 is 27.9 Å². The molecule has 0 fully saturated rings. The SMILES string of the molecule is Cc1nc2c(cc(-c3nnc(-c4ccc5c(cnn5C)c4)o3)n2C)c(-c2cc(F)c3c(c2C)CCCO3)c1[C@H](OC(C)(C)C)C(=O)O. The maximum absolute atomic E-state index is 15.7. The van der Waals surface area contributed by atoms with Gasteiger partial charge in [0.25, 0.3) is 5.89 Å². The van der Waals surface area contributed by atoms with Gasteiger partial charge in [-0.1, -0.05) is 0 Å². The van der Waals surface area contributed by atoms with Crippen LogP contribution in [0.3, 0.4) is 0 Å². The van der Waals surface area contributed by atoms with Crippen LogP contribution in [0.5, 0.6) is 5.75 Å². The zero-order valence-corrected chi connectivity index (χ0v) is 27.3. The second-order valence-electron chi connectivity index (χ2n) is 13.0. The third kappa shape index (κ3) is 5.12. The summed E-state index contributed by atoms with van der Waals surface area (Å²) in [6, 6.07) is 9.05. The maximum Gasteiger partial charge on any atom is 0.337 e. The van der Waals surface area contributed by atoms with Crippen LogP contribution in [-0.4, -0.2) is 52.8 Å². The Hall–Kier alpha value is -5.10. The normalized spacial score (nSPS) is 14.0. The van der Waals surface area contributed by atoms with Crippen LogP contribution in [0.15, 0.2) is 40.9 Å². The molecule has 4 aromatic heterocycles. The van der Waals surface area contributed by atoms with Gasteiger partial charge in [-0.25, -0.2) is 14.2 Å². The van der Waals surface area contributed by atoms with Gasteiger partial charge in [0, 0.05) is 52.8 Å². The van der Waals surface area contributed by atoms with Crippen LogP contribution >= 0.6 is 0 Å². The van der Waals surface area contributed by atoms with E-state index < -0.39 is 23.5 Å². The van der Waals surface area contributed by atoms with Crippen LogP contribution in [0.2, 0.25) is 0 Å². The zero-order chi connectivity index (χ0) is 33.4. The minimum atomic E-state index is -1.38. The molecule has 0 amide bonds. The van der Waals surface area contributed by atoms with Crippen molar-refractivity contribution in [3.8, 4) is 39.9 Å². The molecule has 0 bridgehead atoms. The highest BCUT2D eigenvalue weighted by Crippen LogP contribution is 2.45. The second-order valence-corrected chi connectivity index (χ2v) is 13.0. The molecule has 11 nitrogen and oxygen atoms in total. The number of benzene rings is 2. The quantitative estimate of drug-likeness (QED) is 0.208. The highest BCUT2D eigenvalue weighted by Gasteiger charge is 2.35. The van der Waals surface area contributed by atoms with E-state index in [-0.39, 0.29) is 11.6 Å². The van der Waals surface area contributed by atoms with Crippen molar-refractivity contribution in [1.82, 2.24) is 29.5 Å². The first kappa shape index (κ1) is 30.5. The van der Waals surface area contributed by atoms with Gasteiger partial charge in [-0.3, -0.25) is 4.68 Å². The van der Waals surface area contributed by atoms with Gasteiger partial charge in [-0.2, -0.15) is 5.10 Å². The van der Waals surface area contributed by atoms with Crippen molar-refractivity contribution in [1.29, 1.82) is 0 Å². The Kier molecular flexibility index (Phi) is 7.16. The number of carboxylic acid groups (broad SMARTS) is 1. The van der Waals surface area contributed by atoms with Gasteiger partial charge in [0.2, 0.25) is 5.89 Å². The number of fused-ring (bicyclic) bond motifs is 3. The fourth-order valence-corrected chi connectivity index (χ4v) is 6.52. The predicted octanol–water partition coefficient (Wildman–Crippen LogP) is 6.87. The van der Waals surface area contributed by atoms with E-state index in [0.29, 0.717) is 58.0 Å². The first-order valence-electron chi connectivity index (χ1n) is 15.4. The first-order chi connectivity index (χ1) is 22.3. The van der Waals surface area contributed by atoms with Gasteiger partial charge in [0.05, 0.1) is 23.9 Å². The predicted molar refractivity (Wildman–Crippen MR) is 174 cm³/mol. The van der Waals surface area contributed by atoms with E-state index in [1.807, 2.05) is 49.9 Å². The van der Waals surface area contributed by atoms with Gasteiger partial charge < -0.3 is 23.6 Å². The van der Waals surface area contributed by atoms with E-state index >= 15 is 4.39 Å². The molecular weight excluding hydrogens is 603 g/mol. The number of nitrogens with zero attached hydrogens (tertiary/aromatic N) is 6. The van der Waals surface area contributed by atoms with Crippen molar-refractivity contribution in [3.05, 3.63) is 64.7 Å². The number of carboxylic acids is 1. The summed E-state index contributed by atoms with van der Waals surface area (Å²) in [7, 11) is 3.71. The number of hydrogen-bond acceptors (Lipinski definition) is 8. The molecule has 1 N–H and O–H groups in total. The summed E-state index contributed by atoms with van der Waals surface area (Å²) < 4.78 is 37.4. The van der Waals surface area contributed by atoms with Crippen molar-refractivity contribution in [3.63, 3.8) is 0 Å². The van der Waals surface area contributed by atoms with E-state index in [1.54, 1.807) is 38.6 Å². The van der Waals surface area contributed by atoms with E-state index in [2.05, 4.69) is 15.3 Å². The average Bonchev–Trinajstić information content (AvgIpc) is 3.74. The average molecular weight is 639 g/mol. The van der Waals surface area contributed by atoms with Crippen LogP contribution in [-0.2, 0) is 30.0 Å². The molecule has 0 unspecified atom stereocenters. The smallest absolute Gasteiger partial charge is 0.337 e. The molecule has 0 saturated heterocycles. The number of hydrogen-bond donors (Lipinski definition) is 1. The number of aliphatic carboxylic acids is 1. The lowest BCUT2D eigenvalue weighted by Crippen LogP contribution is -2.28. The fourth-order valence-electron chi connectivity index (χ4n) is 6.52. The monoisotopic (exact) mass is 638 g/mol. The molecule has 6 aromatic rings. The van der Waals surface area contributed by atoms with E-state index in [9.17, 15) is 9.90 Å². The summed E-state index contributed by atoms with van der Waals surface area (Å²) in [6.07, 6.45) is 1.79. The molecule has 0 spiro atoms. The minimum Gasteiger partial charge on any atom is -0.490 e. The molecular formula is C35H35FN6O5. The summed E-state index contributed by atoms with van der Waals surface area (Å²) in [4.78, 5) is 17.7. The summed E-state index contributed by atoms with van der Waals surface area (Å²) in [5.74, 6) is -0.843. The van der Waals surface area contributed by atoms with Crippen molar-refractivity contribution < 1.29 is 28.2 Å². The zero-order valence-electron chi connectivity index (χ0n) is 27.3. The number of rotatable bonds is 6. The third-order valence-corrected chi connectivity index (χ3v) is 8.70. The van der Waals surface area contributed by atoms with Crippen LogP contribution < -0.4 is 4.74 Å². The molecule has 47 heavy (non-hydrogen) atoms. The second kappa shape index (κ2) is 11.0. The Bertz CT molecular complexity index is 2220. The number of ether oxygens (including phenoxy) is 2. The lowest BCUT2D eigenvalue weighted by Gasteiger charge is -2.29. The molecule has 0 aliphatic carbocycles. The van der Waals surface area contributed by atoms with E-state index in [4.69, 9.17) is 18.9 Å². The standard InChI is InChI=1S/C35H35FN6O5/c1-17-21-9-8-12-45-29(21)24(36)14-22(17)28-23-15-26(33-40-39-32(46-33)19-10-11-25-20(13-19)16-37-42(25)7)41(6)31(23)38-18(2)27(28)30(34(43)44)47-35(3,4)5/h10-11,13-16,30H,8-9,12H2,1-7H3,(H,43,44)/t30-/m0/s1. The highest BCUT2D eigenvalue weighted by molar-refractivity contribution is 6.01. The van der Waals surface area contributed by atoms with Gasteiger partial charge in [-0.15, -0.1) is 10.2 Å². The topological polar surface area (TPSA) is 130 Å². The van der Waals surface area contributed by atoms with Crippen LogP contribution in [0.4, 0.5) is 4.39 Å². The molecule has 1 aliphatic heterocycles. The summed E-state index contributed by atoms with van der Waals surface area (Å²) in [6.45, 7) is 9.50. The lowest BCUT2D eigenvalue weighted by atomic mass is 9.86. The third-order valence-electron chi connectivity index (χ3n) is 8.70. The Morgan fingerprint density at radius 3 is 2.62 bits per heavy atom. The number of aryl methyl sites for hydroxylation is 3. The molecule has 242 valence electrons. The highest BCUT2D eigenvalue weighted by atomic mass is 19.1. The van der Waals surface area contributed by atoms with Gasteiger partial charge in [0.1, 0.15) is 11.3 Å². The van der Waals surface area contributed by atoms with Gasteiger partial charge >= 0.3 is 5.97 Å². The van der Waals surface area contributed by atoms with E-state index in [1.165, 1.54) is 6.07 Å². The minimum absolute atomic E-state index is 0.249. The molecule has 1 aliphatic rings. The van der Waals surface area contributed by atoms with Crippen molar-refractivity contribution in [2.45, 2.75) is 59.2 Å². The number of carbonyl (C=O) groups is 1. The lowest BCUT2D eigenvalue weighted by molar-refractivity contribution is -0.160. The number of aromatic nitrogens is 6. The summed E-state index contributed by atoms with van der Waals surface area (Å²) in [5, 5.41) is 25.0. The Morgan fingerprint density at radius 2 is 1.87 bits per heavy atom. The van der Waals surface area contributed by atoms with Crippen LogP contribution in [0.25, 0.3) is 56.1 Å². The van der Waals surface area contributed by atoms with Gasteiger partial charge in [0.15, 0.2) is 17.7 Å². The van der Waals surface area contributed by atoms with E-state index in [0.717, 1.165) is 34.0 Å².